The van der Waals surface area contributed by atoms with Crippen molar-refractivity contribution in [2.75, 3.05) is 5.32 Å². The van der Waals surface area contributed by atoms with E-state index in [4.69, 9.17) is 4.18 Å². The fraction of sp³-hybridized carbons (Fsp3) is 0.103. The first kappa shape index (κ1) is 24.7. The molecule has 0 aromatic heterocycles. The van der Waals surface area contributed by atoms with Crippen LogP contribution in [0.25, 0.3) is 16.8 Å². The van der Waals surface area contributed by atoms with Crippen molar-refractivity contribution >= 4 is 38.6 Å². The molecule has 180 valence electrons. The van der Waals surface area contributed by atoms with E-state index >= 15 is 0 Å². The van der Waals surface area contributed by atoms with Gasteiger partial charge in [-0.25, -0.2) is 0 Å². The minimum absolute atomic E-state index is 0.00404. The number of amides is 1. The number of benzene rings is 4. The summed E-state index contributed by atoms with van der Waals surface area (Å²) in [5.41, 5.74) is 3.45. The number of fused-ring (bicyclic) bond motifs is 1. The molecule has 0 aliphatic heterocycles. The molecule has 36 heavy (non-hydrogen) atoms. The molecule has 1 N–H and O–H groups in total. The zero-order chi connectivity index (χ0) is 25.9. The van der Waals surface area contributed by atoms with Crippen LogP contribution in [-0.4, -0.2) is 14.3 Å². The number of nitrogens with zero attached hydrogens (tertiary/aromatic N) is 1. The van der Waals surface area contributed by atoms with Crippen LogP contribution in [0.3, 0.4) is 0 Å². The molecule has 7 heteroatoms. The fourth-order valence-electron chi connectivity index (χ4n) is 3.72. The van der Waals surface area contributed by atoms with E-state index in [0.717, 1.165) is 22.1 Å². The van der Waals surface area contributed by atoms with Crippen molar-refractivity contribution < 1.29 is 17.4 Å². The van der Waals surface area contributed by atoms with Crippen LogP contribution in [0.1, 0.15) is 22.3 Å². The Hall–Kier alpha value is -4.41. The number of carbonyl (C=O) groups excluding carboxylic acids is 1. The summed E-state index contributed by atoms with van der Waals surface area (Å²) in [5.74, 6) is -0.590. The number of hydrogen-bond donors (Lipinski definition) is 1. The summed E-state index contributed by atoms with van der Waals surface area (Å²) in [5, 5.41) is 14.0. The van der Waals surface area contributed by atoms with Crippen LogP contribution in [0, 0.1) is 32.1 Å². The molecular weight excluding hydrogens is 472 g/mol. The maximum atomic E-state index is 13.0. The Kier molecular flexibility index (Phi) is 6.91. The second-order valence-corrected chi connectivity index (χ2v) is 10.0. The van der Waals surface area contributed by atoms with Gasteiger partial charge >= 0.3 is 10.1 Å². The van der Waals surface area contributed by atoms with Crippen LogP contribution >= 0.6 is 0 Å². The van der Waals surface area contributed by atoms with E-state index in [0.29, 0.717) is 16.6 Å². The number of carbonyl (C=O) groups is 1. The Morgan fingerprint density at radius 2 is 1.61 bits per heavy atom. The molecule has 0 unspecified atom stereocenters. The molecule has 0 saturated carbocycles. The minimum atomic E-state index is -4.16. The minimum Gasteiger partial charge on any atom is -0.378 e. The molecular formula is C29H24N2O4S. The number of anilines is 1. The Bertz CT molecular complexity index is 1650. The van der Waals surface area contributed by atoms with Gasteiger partial charge in [0.2, 0.25) is 0 Å². The van der Waals surface area contributed by atoms with Gasteiger partial charge in [-0.05, 0) is 73.0 Å². The first-order chi connectivity index (χ1) is 17.2. The molecule has 4 aromatic rings. The highest BCUT2D eigenvalue weighted by Crippen LogP contribution is 2.32. The summed E-state index contributed by atoms with van der Waals surface area (Å²) < 4.78 is 31.6. The van der Waals surface area contributed by atoms with Crippen molar-refractivity contribution in [2.45, 2.75) is 25.7 Å². The highest BCUT2D eigenvalue weighted by atomic mass is 32.2. The van der Waals surface area contributed by atoms with Crippen molar-refractivity contribution in [1.82, 2.24) is 0 Å². The third kappa shape index (κ3) is 5.29. The van der Waals surface area contributed by atoms with Crippen LogP contribution in [0.15, 0.2) is 89.3 Å². The maximum Gasteiger partial charge on any atom is 0.339 e. The predicted octanol–water partition coefficient (Wildman–Crippen LogP) is 6.08. The molecule has 0 fully saturated rings. The lowest BCUT2D eigenvalue weighted by atomic mass is 10.0. The fourth-order valence-corrected chi connectivity index (χ4v) is 4.67. The van der Waals surface area contributed by atoms with Gasteiger partial charge in [-0.2, -0.15) is 13.7 Å². The maximum absolute atomic E-state index is 13.0. The molecule has 0 atom stereocenters. The van der Waals surface area contributed by atoms with Gasteiger partial charge in [-0.1, -0.05) is 60.2 Å². The van der Waals surface area contributed by atoms with Gasteiger partial charge < -0.3 is 9.50 Å². The van der Waals surface area contributed by atoms with Crippen molar-refractivity contribution in [2.24, 2.45) is 0 Å². The van der Waals surface area contributed by atoms with Crippen molar-refractivity contribution in [1.29, 1.82) is 5.26 Å². The second-order valence-electron chi connectivity index (χ2n) is 8.49. The lowest BCUT2D eigenvalue weighted by molar-refractivity contribution is -0.112. The summed E-state index contributed by atoms with van der Waals surface area (Å²) in [7, 11) is -4.16. The average Bonchev–Trinajstić information content (AvgIpc) is 2.85. The van der Waals surface area contributed by atoms with Crippen LogP contribution in [0.5, 0.6) is 5.75 Å². The third-order valence-electron chi connectivity index (χ3n) is 5.73. The highest BCUT2D eigenvalue weighted by Gasteiger charge is 2.20. The Morgan fingerprint density at radius 3 is 2.33 bits per heavy atom. The van der Waals surface area contributed by atoms with Gasteiger partial charge in [0, 0.05) is 11.3 Å². The quantitative estimate of drug-likeness (QED) is 0.198. The van der Waals surface area contributed by atoms with E-state index in [9.17, 15) is 18.5 Å². The second kappa shape index (κ2) is 10.1. The third-order valence-corrected chi connectivity index (χ3v) is 6.98. The topological polar surface area (TPSA) is 96.3 Å². The highest BCUT2D eigenvalue weighted by molar-refractivity contribution is 7.87. The van der Waals surface area contributed by atoms with E-state index in [2.05, 4.69) is 5.32 Å². The van der Waals surface area contributed by atoms with Gasteiger partial charge in [0.25, 0.3) is 5.91 Å². The predicted molar refractivity (Wildman–Crippen MR) is 141 cm³/mol. The van der Waals surface area contributed by atoms with E-state index in [-0.39, 0.29) is 16.2 Å². The zero-order valence-corrected chi connectivity index (χ0v) is 20.9. The van der Waals surface area contributed by atoms with E-state index in [1.54, 1.807) is 30.3 Å². The number of nitrogens with one attached hydrogen (secondary N) is 1. The first-order valence-electron chi connectivity index (χ1n) is 11.2. The van der Waals surface area contributed by atoms with Gasteiger partial charge in [0.1, 0.15) is 16.5 Å². The Labute approximate surface area is 210 Å². The normalized spacial score (nSPS) is 11.7. The summed E-state index contributed by atoms with van der Waals surface area (Å²) in [6.45, 7) is 5.62. The summed E-state index contributed by atoms with van der Waals surface area (Å²) >= 11 is 0. The molecule has 0 bridgehead atoms. The number of nitriles is 1. The van der Waals surface area contributed by atoms with Gasteiger partial charge in [0.05, 0.1) is 0 Å². The number of aryl methyl sites for hydroxylation is 3. The molecule has 0 heterocycles. The molecule has 1 amide bonds. The van der Waals surface area contributed by atoms with Crippen LogP contribution in [0.4, 0.5) is 5.69 Å². The first-order valence-corrected chi connectivity index (χ1v) is 12.6. The average molecular weight is 497 g/mol. The molecule has 4 rings (SSSR count). The molecule has 0 radical (unpaired) electrons. The zero-order valence-electron chi connectivity index (χ0n) is 20.1. The SMILES string of the molecule is Cc1ccc(S(=O)(=O)Oc2ccc3ccccc3c2/C=C(\C#N)C(=O)Nc2cc(C)ccc2C)cc1. The van der Waals surface area contributed by atoms with Crippen LogP contribution in [0.2, 0.25) is 0 Å². The van der Waals surface area contributed by atoms with Crippen molar-refractivity contribution in [3.05, 3.63) is 107 Å². The monoisotopic (exact) mass is 496 g/mol. The molecule has 0 aliphatic carbocycles. The molecule has 0 aliphatic rings. The summed E-state index contributed by atoms with van der Waals surface area (Å²) in [6, 6.07) is 24.4. The van der Waals surface area contributed by atoms with Gasteiger partial charge in [0.15, 0.2) is 5.75 Å². The van der Waals surface area contributed by atoms with E-state index in [1.165, 1.54) is 24.3 Å². The molecule has 6 nitrogen and oxygen atoms in total. The number of rotatable bonds is 6. The molecule has 0 spiro atoms. The summed E-state index contributed by atoms with van der Waals surface area (Å²) in [6.07, 6.45) is 1.36. The number of hydrogen-bond acceptors (Lipinski definition) is 5. The van der Waals surface area contributed by atoms with Crippen molar-refractivity contribution in [3.8, 4) is 11.8 Å². The smallest absolute Gasteiger partial charge is 0.339 e. The molecule has 0 saturated heterocycles. The standard InChI is InChI=1S/C29H24N2O4S/c1-19-9-13-24(14-10-19)36(33,34)35-28-15-12-22-6-4-5-7-25(22)26(28)17-23(18-30)29(32)31-27-16-20(2)8-11-21(27)3/h4-17H,1-3H3,(H,31,32)/b23-17+. The van der Waals surface area contributed by atoms with E-state index < -0.39 is 16.0 Å². The van der Waals surface area contributed by atoms with Gasteiger partial charge in [-0.3, -0.25) is 4.79 Å². The Balaban J connectivity index is 1.79. The van der Waals surface area contributed by atoms with Crippen molar-refractivity contribution in [3.63, 3.8) is 0 Å². The molecule has 4 aromatic carbocycles. The van der Waals surface area contributed by atoms with E-state index in [1.807, 2.05) is 57.2 Å². The van der Waals surface area contributed by atoms with Crippen LogP contribution < -0.4 is 9.50 Å². The Morgan fingerprint density at radius 1 is 0.917 bits per heavy atom. The van der Waals surface area contributed by atoms with Crippen LogP contribution in [-0.2, 0) is 14.9 Å². The lowest BCUT2D eigenvalue weighted by Gasteiger charge is -2.13. The summed E-state index contributed by atoms with van der Waals surface area (Å²) in [4.78, 5) is 13.0. The lowest BCUT2D eigenvalue weighted by Crippen LogP contribution is -2.15. The van der Waals surface area contributed by atoms with Gasteiger partial charge in [-0.15, -0.1) is 0 Å². The largest absolute Gasteiger partial charge is 0.378 e.